The largest absolute Gasteiger partial charge is 0.315 e. The van der Waals surface area contributed by atoms with Gasteiger partial charge in [-0.25, -0.2) is 0 Å². The molecule has 1 aliphatic heterocycles. The molecule has 1 N–H and O–H groups in total. The van der Waals surface area contributed by atoms with Gasteiger partial charge in [0.05, 0.1) is 0 Å². The van der Waals surface area contributed by atoms with Crippen LogP contribution in [0.4, 0.5) is 0 Å². The number of nitrogens with one attached hydrogen (secondary N) is 1. The van der Waals surface area contributed by atoms with Crippen molar-refractivity contribution in [1.29, 1.82) is 0 Å². The molecule has 0 aliphatic carbocycles. The summed E-state index contributed by atoms with van der Waals surface area (Å²) in [4.78, 5) is 5.13. The van der Waals surface area contributed by atoms with Crippen molar-refractivity contribution in [2.45, 2.75) is 19.9 Å². The van der Waals surface area contributed by atoms with E-state index in [1.165, 1.54) is 44.7 Å². The molecule has 0 aromatic heterocycles. The molecule has 0 spiro atoms. The van der Waals surface area contributed by atoms with Crippen molar-refractivity contribution in [3.8, 4) is 0 Å². The van der Waals surface area contributed by atoms with E-state index in [4.69, 9.17) is 0 Å². The summed E-state index contributed by atoms with van der Waals surface area (Å²) in [6.07, 6.45) is 1.23. The molecule has 2 rings (SSSR count). The van der Waals surface area contributed by atoms with Crippen molar-refractivity contribution < 1.29 is 0 Å². The Morgan fingerprint density at radius 3 is 2.32 bits per heavy atom. The first-order valence-electron chi connectivity index (χ1n) is 7.58. The van der Waals surface area contributed by atoms with Crippen LogP contribution in [0.5, 0.6) is 0 Å². The lowest BCUT2D eigenvalue weighted by Gasteiger charge is -2.34. The Morgan fingerprint density at radius 1 is 0.947 bits per heavy atom. The van der Waals surface area contributed by atoms with Crippen LogP contribution in [0.1, 0.15) is 18.9 Å². The third-order valence-electron chi connectivity index (χ3n) is 3.75. The second-order valence-corrected chi connectivity index (χ2v) is 5.35. The molecule has 0 bridgehead atoms. The van der Waals surface area contributed by atoms with Gasteiger partial charge in [0.25, 0.3) is 0 Å². The summed E-state index contributed by atoms with van der Waals surface area (Å²) in [6.45, 7) is 11.6. The number of benzene rings is 1. The Labute approximate surface area is 117 Å². The number of piperazine rings is 1. The van der Waals surface area contributed by atoms with Gasteiger partial charge in [0.1, 0.15) is 0 Å². The zero-order chi connectivity index (χ0) is 13.3. The molecule has 1 saturated heterocycles. The van der Waals surface area contributed by atoms with E-state index in [0.717, 1.165) is 19.6 Å². The minimum Gasteiger partial charge on any atom is -0.315 e. The number of rotatable bonds is 7. The maximum atomic E-state index is 3.48. The summed E-state index contributed by atoms with van der Waals surface area (Å²) in [5.74, 6) is 0. The standard InChI is InChI=1S/C16H27N3/c1-2-8-17-9-10-18-11-13-19(14-12-18)15-16-6-4-3-5-7-16/h3-7,17H,2,8-15H2,1H3. The normalized spacial score (nSPS) is 17.7. The fourth-order valence-electron chi connectivity index (χ4n) is 2.55. The molecule has 0 radical (unpaired) electrons. The zero-order valence-electron chi connectivity index (χ0n) is 12.1. The number of nitrogens with zero attached hydrogens (tertiary/aromatic N) is 2. The first-order chi connectivity index (χ1) is 9.38. The second kappa shape index (κ2) is 8.31. The van der Waals surface area contributed by atoms with Gasteiger partial charge in [-0.15, -0.1) is 0 Å². The van der Waals surface area contributed by atoms with Crippen LogP contribution in [0.3, 0.4) is 0 Å². The molecule has 1 fully saturated rings. The number of hydrogen-bond donors (Lipinski definition) is 1. The molecule has 0 unspecified atom stereocenters. The summed E-state index contributed by atoms with van der Waals surface area (Å²) in [6, 6.07) is 10.8. The summed E-state index contributed by atoms with van der Waals surface area (Å²) in [7, 11) is 0. The van der Waals surface area contributed by atoms with Crippen molar-refractivity contribution in [1.82, 2.24) is 15.1 Å². The molecule has 19 heavy (non-hydrogen) atoms. The summed E-state index contributed by atoms with van der Waals surface area (Å²) >= 11 is 0. The smallest absolute Gasteiger partial charge is 0.0234 e. The van der Waals surface area contributed by atoms with Crippen LogP contribution in [-0.2, 0) is 6.54 Å². The van der Waals surface area contributed by atoms with Gasteiger partial charge < -0.3 is 5.32 Å². The van der Waals surface area contributed by atoms with Gasteiger partial charge in [-0.05, 0) is 18.5 Å². The van der Waals surface area contributed by atoms with Crippen LogP contribution in [-0.4, -0.2) is 55.6 Å². The summed E-state index contributed by atoms with van der Waals surface area (Å²) < 4.78 is 0. The Kier molecular flexibility index (Phi) is 6.34. The molecule has 0 saturated carbocycles. The van der Waals surface area contributed by atoms with Gasteiger partial charge in [-0.3, -0.25) is 9.80 Å². The lowest BCUT2D eigenvalue weighted by atomic mass is 10.2. The monoisotopic (exact) mass is 261 g/mol. The van der Waals surface area contributed by atoms with Gasteiger partial charge in [-0.2, -0.15) is 0 Å². The maximum Gasteiger partial charge on any atom is 0.0234 e. The fraction of sp³-hybridized carbons (Fsp3) is 0.625. The highest BCUT2D eigenvalue weighted by atomic mass is 15.3. The molecule has 1 aliphatic rings. The van der Waals surface area contributed by atoms with Crippen LogP contribution < -0.4 is 5.32 Å². The van der Waals surface area contributed by atoms with Crippen LogP contribution in [0.25, 0.3) is 0 Å². The highest BCUT2D eigenvalue weighted by molar-refractivity contribution is 5.14. The van der Waals surface area contributed by atoms with E-state index in [-0.39, 0.29) is 0 Å². The third-order valence-corrected chi connectivity index (χ3v) is 3.75. The Hall–Kier alpha value is -0.900. The van der Waals surface area contributed by atoms with E-state index < -0.39 is 0 Å². The predicted molar refractivity (Wildman–Crippen MR) is 81.3 cm³/mol. The molecule has 106 valence electrons. The molecule has 3 heteroatoms. The lowest BCUT2D eigenvalue weighted by molar-refractivity contribution is 0.128. The van der Waals surface area contributed by atoms with Crippen LogP contribution in [0.15, 0.2) is 30.3 Å². The van der Waals surface area contributed by atoms with E-state index >= 15 is 0 Å². The highest BCUT2D eigenvalue weighted by Crippen LogP contribution is 2.07. The van der Waals surface area contributed by atoms with Gasteiger partial charge in [0, 0.05) is 45.8 Å². The highest BCUT2D eigenvalue weighted by Gasteiger charge is 2.16. The minimum atomic E-state index is 1.10. The summed E-state index contributed by atoms with van der Waals surface area (Å²) in [5, 5.41) is 3.48. The summed E-state index contributed by atoms with van der Waals surface area (Å²) in [5.41, 5.74) is 1.43. The molecule has 3 nitrogen and oxygen atoms in total. The maximum absolute atomic E-state index is 3.48. The van der Waals surface area contributed by atoms with Crippen molar-refractivity contribution in [2.75, 3.05) is 45.8 Å². The Bertz CT molecular complexity index is 331. The molecular weight excluding hydrogens is 234 g/mol. The van der Waals surface area contributed by atoms with E-state index in [2.05, 4.69) is 52.4 Å². The first kappa shape index (κ1) is 14.5. The zero-order valence-corrected chi connectivity index (χ0v) is 12.1. The van der Waals surface area contributed by atoms with Crippen LogP contribution in [0, 0.1) is 0 Å². The van der Waals surface area contributed by atoms with E-state index in [9.17, 15) is 0 Å². The fourth-order valence-corrected chi connectivity index (χ4v) is 2.55. The third kappa shape index (κ3) is 5.31. The van der Waals surface area contributed by atoms with Gasteiger partial charge >= 0.3 is 0 Å². The molecule has 1 aromatic rings. The van der Waals surface area contributed by atoms with E-state index in [1.807, 2.05) is 0 Å². The van der Waals surface area contributed by atoms with E-state index in [0.29, 0.717) is 0 Å². The lowest BCUT2D eigenvalue weighted by Crippen LogP contribution is -2.47. The Balaban J connectivity index is 1.62. The van der Waals surface area contributed by atoms with Crippen molar-refractivity contribution in [3.63, 3.8) is 0 Å². The second-order valence-electron chi connectivity index (χ2n) is 5.35. The van der Waals surface area contributed by atoms with Gasteiger partial charge in [0.2, 0.25) is 0 Å². The molecular formula is C16H27N3. The quantitative estimate of drug-likeness (QED) is 0.755. The Morgan fingerprint density at radius 2 is 1.63 bits per heavy atom. The predicted octanol–water partition coefficient (Wildman–Crippen LogP) is 1.80. The molecule has 1 aromatic carbocycles. The van der Waals surface area contributed by atoms with Gasteiger partial charge in [0.15, 0.2) is 0 Å². The van der Waals surface area contributed by atoms with Crippen LogP contribution in [0.2, 0.25) is 0 Å². The topological polar surface area (TPSA) is 18.5 Å². The average molecular weight is 261 g/mol. The van der Waals surface area contributed by atoms with Crippen LogP contribution >= 0.6 is 0 Å². The van der Waals surface area contributed by atoms with Crippen molar-refractivity contribution in [3.05, 3.63) is 35.9 Å². The van der Waals surface area contributed by atoms with E-state index in [1.54, 1.807) is 0 Å². The number of hydrogen-bond acceptors (Lipinski definition) is 3. The molecule has 0 amide bonds. The molecule has 0 atom stereocenters. The minimum absolute atomic E-state index is 1.10. The SMILES string of the molecule is CCCNCCN1CCN(Cc2ccccc2)CC1. The molecule has 1 heterocycles. The van der Waals surface area contributed by atoms with Crippen molar-refractivity contribution >= 4 is 0 Å². The average Bonchev–Trinajstić information content (AvgIpc) is 2.46. The first-order valence-corrected chi connectivity index (χ1v) is 7.58. The van der Waals surface area contributed by atoms with Gasteiger partial charge in [-0.1, -0.05) is 37.3 Å². The van der Waals surface area contributed by atoms with Crippen molar-refractivity contribution in [2.24, 2.45) is 0 Å².